The van der Waals surface area contributed by atoms with Crippen molar-refractivity contribution in [3.8, 4) is 0 Å². The molecule has 5 nitrogen and oxygen atoms in total. The average molecular weight is 361 g/mol. The van der Waals surface area contributed by atoms with Crippen LogP contribution in [0.4, 0.5) is 0 Å². The molecule has 126 valence electrons. The van der Waals surface area contributed by atoms with E-state index in [1.165, 1.54) is 42.5 Å². The first-order valence-corrected chi connectivity index (χ1v) is 10.6. The number of rotatable bonds is 2. The first kappa shape index (κ1) is 15.0. The van der Waals surface area contributed by atoms with E-state index >= 15 is 0 Å². The van der Waals surface area contributed by atoms with E-state index in [0.29, 0.717) is 17.8 Å². The fraction of sp³-hybridized carbons (Fsp3) is 0.588. The normalized spacial score (nSPS) is 25.4. The van der Waals surface area contributed by atoms with E-state index in [1.54, 1.807) is 23.1 Å². The summed E-state index contributed by atoms with van der Waals surface area (Å²) in [7, 11) is 0. The molecular weight excluding hydrogens is 340 g/mol. The van der Waals surface area contributed by atoms with Crippen LogP contribution in [0.1, 0.15) is 48.4 Å². The average Bonchev–Trinajstić information content (AvgIpc) is 3.25. The molecule has 1 saturated carbocycles. The monoisotopic (exact) mass is 360 g/mol. The van der Waals surface area contributed by atoms with Crippen LogP contribution in [-0.4, -0.2) is 27.2 Å². The third-order valence-electron chi connectivity index (χ3n) is 5.29. The van der Waals surface area contributed by atoms with Gasteiger partial charge in [-0.3, -0.25) is 9.79 Å². The number of aromatic nitrogens is 2. The third-order valence-corrected chi connectivity index (χ3v) is 7.39. The van der Waals surface area contributed by atoms with Gasteiger partial charge >= 0.3 is 0 Å². The van der Waals surface area contributed by atoms with E-state index in [4.69, 9.17) is 9.98 Å². The van der Waals surface area contributed by atoms with Crippen molar-refractivity contribution in [2.75, 3.05) is 0 Å². The number of aromatic amines is 1. The van der Waals surface area contributed by atoms with Gasteiger partial charge < -0.3 is 10.3 Å². The summed E-state index contributed by atoms with van der Waals surface area (Å²) in [6, 6.07) is 0.979. The number of thioether (sulfide) groups is 1. The number of aliphatic imine (C=N–C) groups is 1. The van der Waals surface area contributed by atoms with Crippen LogP contribution < -0.4 is 10.9 Å². The minimum atomic E-state index is 0.0324. The van der Waals surface area contributed by atoms with Crippen molar-refractivity contribution in [3.05, 3.63) is 26.6 Å². The number of fused-ring (bicyclic) bond motifs is 4. The van der Waals surface area contributed by atoms with Crippen LogP contribution in [0.5, 0.6) is 0 Å². The van der Waals surface area contributed by atoms with E-state index in [0.717, 1.165) is 34.1 Å². The number of hydrogen-bond acceptors (Lipinski definition) is 6. The molecule has 0 radical (unpaired) electrons. The summed E-state index contributed by atoms with van der Waals surface area (Å²) in [5.41, 5.74) is 1.28. The number of nitrogens with one attached hydrogen (secondary N) is 2. The smallest absolute Gasteiger partial charge is 0.259 e. The molecular formula is C17H20N4OS2. The zero-order valence-corrected chi connectivity index (χ0v) is 15.1. The Morgan fingerprint density at radius 2 is 2.12 bits per heavy atom. The summed E-state index contributed by atoms with van der Waals surface area (Å²) in [5, 5.41) is 5.40. The highest BCUT2D eigenvalue weighted by molar-refractivity contribution is 8.13. The second kappa shape index (κ2) is 5.88. The maximum absolute atomic E-state index is 12.5. The van der Waals surface area contributed by atoms with E-state index in [-0.39, 0.29) is 5.56 Å². The number of nitrogens with zero attached hydrogens (tertiary/aromatic N) is 2. The predicted molar refractivity (Wildman–Crippen MR) is 100 cm³/mol. The molecule has 2 aromatic heterocycles. The Morgan fingerprint density at radius 1 is 1.21 bits per heavy atom. The summed E-state index contributed by atoms with van der Waals surface area (Å²) in [6.45, 7) is 0. The Labute approximate surface area is 148 Å². The fourth-order valence-corrected chi connectivity index (χ4v) is 6.25. The highest BCUT2D eigenvalue weighted by atomic mass is 32.2. The predicted octanol–water partition coefficient (Wildman–Crippen LogP) is 2.98. The number of hydrogen-bond donors (Lipinski definition) is 2. The summed E-state index contributed by atoms with van der Waals surface area (Å²) >= 11 is 3.36. The third kappa shape index (κ3) is 2.49. The molecule has 1 aliphatic heterocycles. The molecule has 2 aliphatic carbocycles. The fourth-order valence-electron chi connectivity index (χ4n) is 4.11. The van der Waals surface area contributed by atoms with Crippen molar-refractivity contribution in [2.24, 2.45) is 4.99 Å². The standard InChI is InChI=1S/C17H20N4OS2/c22-15-14-9-4-3-7-12(9)24-16(14)21-13(20-15)8-23-17-18-10-5-1-2-6-11(10)19-17/h10-11H,1-8H2,(H,18,19)(H,20,21,22)/t10-,11+. The molecule has 0 spiro atoms. The van der Waals surface area contributed by atoms with Gasteiger partial charge in [0.25, 0.3) is 5.56 Å². The Kier molecular flexibility index (Phi) is 3.66. The van der Waals surface area contributed by atoms with Gasteiger partial charge in [0.05, 0.1) is 23.2 Å². The molecule has 7 heteroatoms. The van der Waals surface area contributed by atoms with Crippen LogP contribution in [0.2, 0.25) is 0 Å². The van der Waals surface area contributed by atoms with Crippen molar-refractivity contribution in [1.29, 1.82) is 0 Å². The molecule has 0 saturated heterocycles. The van der Waals surface area contributed by atoms with Gasteiger partial charge in [-0.15, -0.1) is 11.3 Å². The lowest BCUT2D eigenvalue weighted by atomic mass is 9.92. The Balaban J connectivity index is 1.35. The first-order chi connectivity index (χ1) is 11.8. The minimum absolute atomic E-state index is 0.0324. The van der Waals surface area contributed by atoms with Crippen molar-refractivity contribution in [1.82, 2.24) is 15.3 Å². The second-order valence-corrected chi connectivity index (χ2v) is 8.92. The molecule has 24 heavy (non-hydrogen) atoms. The lowest BCUT2D eigenvalue weighted by molar-refractivity contribution is 0.385. The molecule has 2 N–H and O–H groups in total. The summed E-state index contributed by atoms with van der Waals surface area (Å²) < 4.78 is 0. The van der Waals surface area contributed by atoms with E-state index < -0.39 is 0 Å². The highest BCUT2D eigenvalue weighted by Gasteiger charge is 2.31. The van der Waals surface area contributed by atoms with Gasteiger partial charge in [-0.05, 0) is 37.7 Å². The van der Waals surface area contributed by atoms with Crippen LogP contribution in [0.15, 0.2) is 9.79 Å². The van der Waals surface area contributed by atoms with Crippen LogP contribution in [0.25, 0.3) is 10.2 Å². The Morgan fingerprint density at radius 3 is 3.04 bits per heavy atom. The molecule has 1 fully saturated rings. The van der Waals surface area contributed by atoms with Gasteiger partial charge in [-0.2, -0.15) is 0 Å². The molecule has 3 aliphatic rings. The second-order valence-electron chi connectivity index (χ2n) is 6.88. The Hall–Kier alpha value is -1.34. The number of aryl methyl sites for hydroxylation is 2. The van der Waals surface area contributed by atoms with E-state index in [9.17, 15) is 4.79 Å². The van der Waals surface area contributed by atoms with Gasteiger partial charge in [0.1, 0.15) is 10.7 Å². The van der Waals surface area contributed by atoms with Crippen LogP contribution >= 0.6 is 23.1 Å². The van der Waals surface area contributed by atoms with Gasteiger partial charge in [0.2, 0.25) is 0 Å². The maximum Gasteiger partial charge on any atom is 0.259 e. The maximum atomic E-state index is 12.5. The van der Waals surface area contributed by atoms with E-state index in [1.807, 2.05) is 0 Å². The molecule has 0 amide bonds. The SMILES string of the molecule is O=c1[nH]c(CSC2=N[C@@H]3CCCC[C@@H]3N2)nc2sc3c(c12)CCC3. The largest absolute Gasteiger partial charge is 0.360 e. The van der Waals surface area contributed by atoms with Gasteiger partial charge in [0.15, 0.2) is 5.17 Å². The van der Waals surface area contributed by atoms with Gasteiger partial charge in [0, 0.05) is 4.88 Å². The minimum Gasteiger partial charge on any atom is -0.360 e. The number of H-pyrrole nitrogens is 1. The van der Waals surface area contributed by atoms with Gasteiger partial charge in [-0.1, -0.05) is 24.6 Å². The molecule has 3 heterocycles. The first-order valence-electron chi connectivity index (χ1n) is 8.78. The summed E-state index contributed by atoms with van der Waals surface area (Å²) in [5.74, 6) is 1.43. The lowest BCUT2D eigenvalue weighted by Gasteiger charge is -2.23. The summed E-state index contributed by atoms with van der Waals surface area (Å²) in [4.78, 5) is 27.2. The molecule has 5 rings (SSSR count). The summed E-state index contributed by atoms with van der Waals surface area (Å²) in [6.07, 6.45) is 8.31. The van der Waals surface area contributed by atoms with Crippen molar-refractivity contribution >= 4 is 38.5 Å². The molecule has 0 bridgehead atoms. The molecule has 2 atom stereocenters. The topological polar surface area (TPSA) is 70.1 Å². The number of thiophene rings is 1. The van der Waals surface area contributed by atoms with Crippen LogP contribution in [0.3, 0.4) is 0 Å². The molecule has 2 aromatic rings. The van der Waals surface area contributed by atoms with Crippen LogP contribution in [0, 0.1) is 0 Å². The zero-order valence-electron chi connectivity index (χ0n) is 13.4. The Bertz CT molecular complexity index is 885. The van der Waals surface area contributed by atoms with Crippen molar-refractivity contribution < 1.29 is 0 Å². The lowest BCUT2D eigenvalue weighted by Crippen LogP contribution is -2.36. The van der Waals surface area contributed by atoms with Crippen molar-refractivity contribution in [2.45, 2.75) is 62.8 Å². The van der Waals surface area contributed by atoms with Crippen molar-refractivity contribution in [3.63, 3.8) is 0 Å². The quantitative estimate of drug-likeness (QED) is 0.864. The zero-order chi connectivity index (χ0) is 16.1. The molecule has 0 unspecified atom stereocenters. The number of amidine groups is 1. The van der Waals surface area contributed by atoms with E-state index in [2.05, 4.69) is 10.3 Å². The molecule has 0 aromatic carbocycles. The van der Waals surface area contributed by atoms with Crippen LogP contribution in [-0.2, 0) is 18.6 Å². The highest BCUT2D eigenvalue weighted by Crippen LogP contribution is 2.34. The van der Waals surface area contributed by atoms with Gasteiger partial charge in [-0.25, -0.2) is 4.98 Å².